The number of hydrogen-bond donors (Lipinski definition) is 1. The highest BCUT2D eigenvalue weighted by Crippen LogP contribution is 2.28. The molecule has 0 aliphatic heterocycles. The average Bonchev–Trinajstić information content (AvgIpc) is 2.79. The van der Waals surface area contributed by atoms with Crippen LogP contribution in [0.5, 0.6) is 5.75 Å². The molecule has 0 saturated heterocycles. The Morgan fingerprint density at radius 1 is 1.22 bits per heavy atom. The first-order chi connectivity index (χ1) is 15.5. The quantitative estimate of drug-likeness (QED) is 0.412. The SMILES string of the molecule is COc1ccc(CCNC(=O)CSc2nc(=O)n(CCCN(C)C)c3c2CCCC3)cc1. The molecule has 1 amide bonds. The molecule has 0 spiro atoms. The fraction of sp³-hybridized carbons (Fsp3) is 0.542. The van der Waals surface area contributed by atoms with Gasteiger partial charge in [0.15, 0.2) is 0 Å². The molecule has 0 atom stereocenters. The van der Waals surface area contributed by atoms with E-state index in [1.54, 1.807) is 7.11 Å². The van der Waals surface area contributed by atoms with Gasteiger partial charge in [0.2, 0.25) is 5.91 Å². The van der Waals surface area contributed by atoms with Crippen LogP contribution in [0.25, 0.3) is 0 Å². The highest BCUT2D eigenvalue weighted by Gasteiger charge is 2.21. The molecule has 1 aromatic heterocycles. The van der Waals surface area contributed by atoms with Gasteiger partial charge < -0.3 is 15.0 Å². The van der Waals surface area contributed by atoms with Gasteiger partial charge in [-0.3, -0.25) is 9.36 Å². The molecule has 8 heteroatoms. The Hall–Kier alpha value is -2.32. The monoisotopic (exact) mass is 458 g/mol. The normalized spacial score (nSPS) is 13.1. The number of nitrogens with one attached hydrogen (secondary N) is 1. The van der Waals surface area contributed by atoms with Crippen LogP contribution in [0.4, 0.5) is 0 Å². The standard InChI is InChI=1S/C24H34N4O3S/c1-27(2)15-6-16-28-21-8-5-4-7-20(21)23(26-24(28)30)32-17-22(29)25-14-13-18-9-11-19(31-3)12-10-18/h9-12H,4-8,13-17H2,1-3H3,(H,25,29). The van der Waals surface area contributed by atoms with Gasteiger partial charge in [-0.2, -0.15) is 4.98 Å². The lowest BCUT2D eigenvalue weighted by Gasteiger charge is -2.23. The van der Waals surface area contributed by atoms with Gasteiger partial charge in [-0.25, -0.2) is 4.79 Å². The maximum absolute atomic E-state index is 12.7. The van der Waals surface area contributed by atoms with Crippen molar-refractivity contribution in [3.05, 3.63) is 51.6 Å². The van der Waals surface area contributed by atoms with E-state index in [-0.39, 0.29) is 17.3 Å². The smallest absolute Gasteiger partial charge is 0.348 e. The predicted octanol–water partition coefficient (Wildman–Crippen LogP) is 2.53. The first kappa shape index (κ1) is 24.3. The van der Waals surface area contributed by atoms with Crippen molar-refractivity contribution in [3.63, 3.8) is 0 Å². The fourth-order valence-electron chi connectivity index (χ4n) is 3.97. The van der Waals surface area contributed by atoms with E-state index >= 15 is 0 Å². The van der Waals surface area contributed by atoms with E-state index in [4.69, 9.17) is 4.74 Å². The van der Waals surface area contributed by atoms with Crippen LogP contribution in [-0.4, -0.2) is 60.4 Å². The van der Waals surface area contributed by atoms with Gasteiger partial charge in [0, 0.05) is 24.3 Å². The minimum absolute atomic E-state index is 0.0370. The molecule has 0 saturated carbocycles. The molecule has 1 aliphatic carbocycles. The fourth-order valence-corrected chi connectivity index (χ4v) is 4.87. The zero-order valence-electron chi connectivity index (χ0n) is 19.4. The second-order valence-electron chi connectivity index (χ2n) is 8.38. The Labute approximate surface area is 194 Å². The van der Waals surface area contributed by atoms with Crippen molar-refractivity contribution in [1.82, 2.24) is 19.8 Å². The maximum atomic E-state index is 12.7. The molecule has 7 nitrogen and oxygen atoms in total. The van der Waals surface area contributed by atoms with Crippen molar-refractivity contribution in [2.75, 3.05) is 40.0 Å². The van der Waals surface area contributed by atoms with Gasteiger partial charge in [-0.15, -0.1) is 0 Å². The Kier molecular flexibility index (Phi) is 9.17. The number of rotatable bonds is 11. The summed E-state index contributed by atoms with van der Waals surface area (Å²) < 4.78 is 7.02. The lowest BCUT2D eigenvalue weighted by Crippen LogP contribution is -2.32. The summed E-state index contributed by atoms with van der Waals surface area (Å²) in [5.74, 6) is 1.06. The summed E-state index contributed by atoms with van der Waals surface area (Å²) in [5, 5.41) is 3.70. The largest absolute Gasteiger partial charge is 0.497 e. The number of hydrogen-bond acceptors (Lipinski definition) is 6. The van der Waals surface area contributed by atoms with Crippen molar-refractivity contribution in [2.45, 2.75) is 50.1 Å². The minimum Gasteiger partial charge on any atom is -0.497 e. The molecule has 2 aromatic rings. The van der Waals surface area contributed by atoms with Gasteiger partial charge in [0.25, 0.3) is 0 Å². The summed E-state index contributed by atoms with van der Waals surface area (Å²) in [4.78, 5) is 31.6. The number of ether oxygens (including phenoxy) is 1. The molecule has 1 aliphatic rings. The van der Waals surface area contributed by atoms with E-state index in [0.29, 0.717) is 13.1 Å². The van der Waals surface area contributed by atoms with Crippen molar-refractivity contribution < 1.29 is 9.53 Å². The van der Waals surface area contributed by atoms with Crippen LogP contribution in [0.3, 0.4) is 0 Å². The Balaban J connectivity index is 1.56. The first-order valence-electron chi connectivity index (χ1n) is 11.3. The molecular formula is C24H34N4O3S. The molecule has 0 unspecified atom stereocenters. The van der Waals surface area contributed by atoms with Crippen molar-refractivity contribution in [1.29, 1.82) is 0 Å². The van der Waals surface area contributed by atoms with Gasteiger partial charge in [-0.05, 0) is 76.9 Å². The summed E-state index contributed by atoms with van der Waals surface area (Å²) in [6, 6.07) is 7.85. The summed E-state index contributed by atoms with van der Waals surface area (Å²) in [6.07, 6.45) is 5.72. The number of fused-ring (bicyclic) bond motifs is 1. The van der Waals surface area contributed by atoms with E-state index in [1.165, 1.54) is 11.8 Å². The van der Waals surface area contributed by atoms with E-state index < -0.39 is 0 Å². The molecular weight excluding hydrogens is 424 g/mol. The number of nitrogens with zero attached hydrogens (tertiary/aromatic N) is 3. The number of carbonyl (C=O) groups is 1. The molecule has 32 heavy (non-hydrogen) atoms. The van der Waals surface area contributed by atoms with Crippen molar-refractivity contribution >= 4 is 17.7 Å². The average molecular weight is 459 g/mol. The Morgan fingerprint density at radius 3 is 2.69 bits per heavy atom. The Morgan fingerprint density at radius 2 is 1.97 bits per heavy atom. The number of aromatic nitrogens is 2. The summed E-state index contributed by atoms with van der Waals surface area (Å²) >= 11 is 1.38. The van der Waals surface area contributed by atoms with Crippen LogP contribution in [-0.2, 0) is 30.6 Å². The van der Waals surface area contributed by atoms with Gasteiger partial charge in [0.05, 0.1) is 12.9 Å². The zero-order valence-corrected chi connectivity index (χ0v) is 20.2. The van der Waals surface area contributed by atoms with Crippen LogP contribution >= 0.6 is 11.8 Å². The summed E-state index contributed by atoms with van der Waals surface area (Å²) in [5.41, 5.74) is 3.24. The van der Waals surface area contributed by atoms with Gasteiger partial charge >= 0.3 is 5.69 Å². The molecule has 1 aromatic carbocycles. The van der Waals surface area contributed by atoms with E-state index in [2.05, 4.69) is 15.2 Å². The van der Waals surface area contributed by atoms with Crippen LogP contribution in [0, 0.1) is 0 Å². The molecule has 1 N–H and O–H groups in total. The zero-order chi connectivity index (χ0) is 22.9. The lowest BCUT2D eigenvalue weighted by atomic mass is 9.97. The lowest BCUT2D eigenvalue weighted by molar-refractivity contribution is -0.118. The van der Waals surface area contributed by atoms with Crippen LogP contribution in [0.1, 0.15) is 36.1 Å². The number of methoxy groups -OCH3 is 1. The molecule has 0 radical (unpaired) electrons. The highest BCUT2D eigenvalue weighted by atomic mass is 32.2. The Bertz CT molecular complexity index is 957. The number of amides is 1. The molecule has 0 bridgehead atoms. The van der Waals surface area contributed by atoms with Crippen LogP contribution in [0.15, 0.2) is 34.1 Å². The summed E-state index contributed by atoms with van der Waals surface area (Å²) in [7, 11) is 5.72. The second-order valence-corrected chi connectivity index (χ2v) is 9.34. The van der Waals surface area contributed by atoms with Crippen molar-refractivity contribution in [3.8, 4) is 5.75 Å². The third-order valence-electron chi connectivity index (χ3n) is 5.67. The van der Waals surface area contributed by atoms with Gasteiger partial charge in [0.1, 0.15) is 10.8 Å². The van der Waals surface area contributed by atoms with Crippen molar-refractivity contribution in [2.24, 2.45) is 0 Å². The van der Waals surface area contributed by atoms with E-state index in [1.807, 2.05) is 42.9 Å². The second kappa shape index (κ2) is 12.1. The maximum Gasteiger partial charge on any atom is 0.348 e. The molecule has 1 heterocycles. The number of benzene rings is 1. The van der Waals surface area contributed by atoms with E-state index in [0.717, 1.165) is 72.7 Å². The van der Waals surface area contributed by atoms with E-state index in [9.17, 15) is 9.59 Å². The first-order valence-corrected chi connectivity index (χ1v) is 12.3. The molecule has 3 rings (SSSR count). The predicted molar refractivity (Wildman–Crippen MR) is 129 cm³/mol. The van der Waals surface area contributed by atoms with Gasteiger partial charge in [-0.1, -0.05) is 23.9 Å². The third kappa shape index (κ3) is 6.84. The van der Waals surface area contributed by atoms with Crippen LogP contribution in [0.2, 0.25) is 0 Å². The minimum atomic E-state index is -0.188. The number of carbonyl (C=O) groups excluding carboxylic acids is 1. The molecule has 174 valence electrons. The van der Waals surface area contributed by atoms with Crippen LogP contribution < -0.4 is 15.7 Å². The number of thioether (sulfide) groups is 1. The summed E-state index contributed by atoms with van der Waals surface area (Å²) in [6.45, 7) is 2.21. The third-order valence-corrected chi connectivity index (χ3v) is 6.69. The molecule has 0 fully saturated rings. The topological polar surface area (TPSA) is 76.5 Å². The highest BCUT2D eigenvalue weighted by molar-refractivity contribution is 7.99.